The predicted octanol–water partition coefficient (Wildman–Crippen LogP) is 3.81. The molecule has 1 atom stereocenters. The van der Waals surface area contributed by atoms with Crippen LogP contribution in [0.3, 0.4) is 0 Å². The Morgan fingerprint density at radius 3 is 2.35 bits per heavy atom. The highest BCUT2D eigenvalue weighted by molar-refractivity contribution is 5.39. The number of hydrogen-bond acceptors (Lipinski definition) is 2. The molecule has 2 aromatic rings. The minimum absolute atomic E-state index is 0.0468. The first-order valence-corrected chi connectivity index (χ1v) is 7.27. The van der Waals surface area contributed by atoms with Crippen LogP contribution in [0.2, 0.25) is 0 Å². The molecular weight excluding hydrogens is 244 g/mol. The van der Waals surface area contributed by atoms with Crippen molar-refractivity contribution in [2.45, 2.75) is 39.7 Å². The number of hydrazine groups is 1. The van der Waals surface area contributed by atoms with Crippen LogP contribution < -0.4 is 11.3 Å². The molecule has 2 aromatic carbocycles. The second-order valence-electron chi connectivity index (χ2n) is 5.45. The van der Waals surface area contributed by atoms with Gasteiger partial charge in [0, 0.05) is 0 Å². The fraction of sp³-hybridized carbons (Fsp3) is 0.333. The molecule has 2 heteroatoms. The smallest absolute Gasteiger partial charge is 0.0712 e. The van der Waals surface area contributed by atoms with Crippen LogP contribution >= 0.6 is 0 Å². The lowest BCUT2D eigenvalue weighted by molar-refractivity contribution is 0.633. The predicted molar refractivity (Wildman–Crippen MR) is 85.5 cm³/mol. The van der Waals surface area contributed by atoms with Crippen molar-refractivity contribution in [3.8, 4) is 0 Å². The first-order valence-electron chi connectivity index (χ1n) is 7.27. The Bertz CT molecular complexity index is 558. The Morgan fingerprint density at radius 2 is 1.75 bits per heavy atom. The molecule has 2 nitrogen and oxygen atoms in total. The van der Waals surface area contributed by atoms with Crippen molar-refractivity contribution >= 4 is 0 Å². The summed E-state index contributed by atoms with van der Waals surface area (Å²) in [6, 6.07) is 15.3. The lowest BCUT2D eigenvalue weighted by Crippen LogP contribution is -2.29. The summed E-state index contributed by atoms with van der Waals surface area (Å²) in [7, 11) is 0. The third-order valence-corrected chi connectivity index (χ3v) is 3.76. The van der Waals surface area contributed by atoms with Crippen LogP contribution in [0.15, 0.2) is 42.5 Å². The van der Waals surface area contributed by atoms with Gasteiger partial charge >= 0.3 is 0 Å². The van der Waals surface area contributed by atoms with E-state index in [1.807, 2.05) is 0 Å². The van der Waals surface area contributed by atoms with Gasteiger partial charge in [0.05, 0.1) is 6.04 Å². The SMILES string of the molecule is CCCc1ccc(C(NN)c2cc(C)ccc2C)cc1. The first-order chi connectivity index (χ1) is 9.65. The molecule has 1 unspecified atom stereocenters. The van der Waals surface area contributed by atoms with E-state index < -0.39 is 0 Å². The minimum Gasteiger partial charge on any atom is -0.271 e. The number of nitrogens with one attached hydrogen (secondary N) is 1. The zero-order valence-electron chi connectivity index (χ0n) is 12.6. The van der Waals surface area contributed by atoms with Gasteiger partial charge in [-0.05, 0) is 42.5 Å². The van der Waals surface area contributed by atoms with Crippen LogP contribution in [0.4, 0.5) is 0 Å². The van der Waals surface area contributed by atoms with E-state index in [9.17, 15) is 0 Å². The van der Waals surface area contributed by atoms with Gasteiger partial charge in [-0.15, -0.1) is 0 Å². The number of nitrogens with two attached hydrogens (primary N) is 1. The summed E-state index contributed by atoms with van der Waals surface area (Å²) >= 11 is 0. The maximum absolute atomic E-state index is 5.80. The first kappa shape index (κ1) is 14.8. The van der Waals surface area contributed by atoms with Crippen LogP contribution in [0.1, 0.15) is 47.2 Å². The summed E-state index contributed by atoms with van der Waals surface area (Å²) < 4.78 is 0. The fourth-order valence-electron chi connectivity index (χ4n) is 2.60. The van der Waals surface area contributed by atoms with Crippen molar-refractivity contribution in [2.75, 3.05) is 0 Å². The Morgan fingerprint density at radius 1 is 1.05 bits per heavy atom. The lowest BCUT2D eigenvalue weighted by atomic mass is 9.93. The topological polar surface area (TPSA) is 38.0 Å². The lowest BCUT2D eigenvalue weighted by Gasteiger charge is -2.20. The minimum atomic E-state index is 0.0468. The molecule has 0 amide bonds. The molecule has 0 saturated carbocycles. The Kier molecular flexibility index (Phi) is 4.94. The zero-order chi connectivity index (χ0) is 14.5. The summed E-state index contributed by atoms with van der Waals surface area (Å²) in [6.45, 7) is 6.44. The van der Waals surface area contributed by atoms with E-state index in [0.717, 1.165) is 6.42 Å². The molecule has 0 aromatic heterocycles. The van der Waals surface area contributed by atoms with Crippen molar-refractivity contribution < 1.29 is 0 Å². The second-order valence-corrected chi connectivity index (χ2v) is 5.45. The van der Waals surface area contributed by atoms with Crippen molar-refractivity contribution in [1.82, 2.24) is 5.43 Å². The summed E-state index contributed by atoms with van der Waals surface area (Å²) in [5, 5.41) is 0. The number of hydrogen-bond donors (Lipinski definition) is 2. The van der Waals surface area contributed by atoms with Crippen LogP contribution in [-0.2, 0) is 6.42 Å². The zero-order valence-corrected chi connectivity index (χ0v) is 12.6. The number of benzene rings is 2. The molecule has 0 aliphatic heterocycles. The summed E-state index contributed by atoms with van der Waals surface area (Å²) in [5.41, 5.74) is 9.31. The van der Waals surface area contributed by atoms with Gasteiger partial charge in [0.2, 0.25) is 0 Å². The Balaban J connectivity index is 2.34. The van der Waals surface area contributed by atoms with Crippen molar-refractivity contribution in [2.24, 2.45) is 5.84 Å². The molecule has 0 spiro atoms. The molecule has 0 saturated heterocycles. The number of rotatable bonds is 5. The monoisotopic (exact) mass is 268 g/mol. The van der Waals surface area contributed by atoms with E-state index in [1.165, 1.54) is 34.2 Å². The van der Waals surface area contributed by atoms with Gasteiger partial charge in [0.15, 0.2) is 0 Å². The fourth-order valence-corrected chi connectivity index (χ4v) is 2.60. The van der Waals surface area contributed by atoms with E-state index in [0.29, 0.717) is 0 Å². The molecule has 0 fully saturated rings. The Hall–Kier alpha value is -1.64. The highest BCUT2D eigenvalue weighted by atomic mass is 15.2. The van der Waals surface area contributed by atoms with E-state index in [2.05, 4.69) is 68.7 Å². The maximum atomic E-state index is 5.80. The highest BCUT2D eigenvalue weighted by Gasteiger charge is 2.14. The van der Waals surface area contributed by atoms with Gasteiger partial charge in [-0.2, -0.15) is 0 Å². The van der Waals surface area contributed by atoms with Gasteiger partial charge in [-0.3, -0.25) is 5.84 Å². The molecular formula is C18H24N2. The van der Waals surface area contributed by atoms with E-state index in [1.54, 1.807) is 0 Å². The highest BCUT2D eigenvalue weighted by Crippen LogP contribution is 2.25. The summed E-state index contributed by atoms with van der Waals surface area (Å²) in [5.74, 6) is 5.80. The molecule has 3 N–H and O–H groups in total. The van der Waals surface area contributed by atoms with Gasteiger partial charge in [0.1, 0.15) is 0 Å². The van der Waals surface area contributed by atoms with Crippen LogP contribution in [0.5, 0.6) is 0 Å². The summed E-state index contributed by atoms with van der Waals surface area (Å²) in [4.78, 5) is 0. The van der Waals surface area contributed by atoms with Crippen LogP contribution in [0.25, 0.3) is 0 Å². The Labute approximate surface area is 122 Å². The van der Waals surface area contributed by atoms with E-state index >= 15 is 0 Å². The third-order valence-electron chi connectivity index (χ3n) is 3.76. The van der Waals surface area contributed by atoms with Crippen LogP contribution in [0, 0.1) is 13.8 Å². The maximum Gasteiger partial charge on any atom is 0.0712 e. The number of aryl methyl sites for hydroxylation is 3. The normalized spacial score (nSPS) is 12.4. The van der Waals surface area contributed by atoms with Crippen molar-refractivity contribution in [3.63, 3.8) is 0 Å². The molecule has 0 aliphatic rings. The summed E-state index contributed by atoms with van der Waals surface area (Å²) in [6.07, 6.45) is 2.30. The largest absolute Gasteiger partial charge is 0.271 e. The van der Waals surface area contributed by atoms with Gasteiger partial charge in [-0.1, -0.05) is 61.4 Å². The van der Waals surface area contributed by atoms with Gasteiger partial charge < -0.3 is 0 Å². The van der Waals surface area contributed by atoms with E-state index in [-0.39, 0.29) is 6.04 Å². The third kappa shape index (κ3) is 3.27. The molecule has 0 bridgehead atoms. The average Bonchev–Trinajstić information content (AvgIpc) is 2.45. The van der Waals surface area contributed by atoms with Crippen LogP contribution in [-0.4, -0.2) is 0 Å². The second kappa shape index (κ2) is 6.69. The van der Waals surface area contributed by atoms with E-state index in [4.69, 9.17) is 5.84 Å². The molecule has 2 rings (SSSR count). The standard InChI is InChI=1S/C18H24N2/c1-4-5-15-8-10-16(11-9-15)18(20-19)17-12-13(2)6-7-14(17)3/h6-12,18,20H,4-5,19H2,1-3H3. The molecule has 20 heavy (non-hydrogen) atoms. The molecule has 0 radical (unpaired) electrons. The van der Waals surface area contributed by atoms with Gasteiger partial charge in [0.25, 0.3) is 0 Å². The average molecular weight is 268 g/mol. The molecule has 106 valence electrons. The quantitative estimate of drug-likeness (QED) is 0.639. The molecule has 0 aliphatic carbocycles. The van der Waals surface area contributed by atoms with Gasteiger partial charge in [-0.25, -0.2) is 5.43 Å². The van der Waals surface area contributed by atoms with Crippen molar-refractivity contribution in [3.05, 3.63) is 70.3 Å². The molecule has 0 heterocycles. The van der Waals surface area contributed by atoms with Crippen molar-refractivity contribution in [1.29, 1.82) is 0 Å².